The van der Waals surface area contributed by atoms with Gasteiger partial charge in [-0.15, -0.1) is 5.10 Å². The van der Waals surface area contributed by atoms with Gasteiger partial charge in [0.1, 0.15) is 0 Å². The molecule has 1 fully saturated rings. The third-order valence-electron chi connectivity index (χ3n) is 4.24. The summed E-state index contributed by atoms with van der Waals surface area (Å²) < 4.78 is 1.72. The van der Waals surface area contributed by atoms with Crippen LogP contribution in [0, 0.1) is 0 Å². The van der Waals surface area contributed by atoms with Crippen LogP contribution in [0.3, 0.4) is 0 Å². The zero-order valence-electron chi connectivity index (χ0n) is 13.4. The third kappa shape index (κ3) is 3.67. The van der Waals surface area contributed by atoms with Crippen molar-refractivity contribution in [2.75, 3.05) is 5.32 Å². The smallest absolute Gasteiger partial charge is 0.320 e. The van der Waals surface area contributed by atoms with E-state index < -0.39 is 0 Å². The molecule has 0 aliphatic heterocycles. The molecule has 25 heavy (non-hydrogen) atoms. The van der Waals surface area contributed by atoms with Gasteiger partial charge in [0.05, 0.1) is 5.69 Å². The quantitative estimate of drug-likeness (QED) is 0.739. The van der Waals surface area contributed by atoms with Gasteiger partial charge in [0.25, 0.3) is 0 Å². The Hall–Kier alpha value is -2.79. The molecule has 2 atom stereocenters. The second-order valence-corrected chi connectivity index (χ2v) is 6.52. The van der Waals surface area contributed by atoms with E-state index in [-0.39, 0.29) is 12.1 Å². The number of urea groups is 1. The lowest BCUT2D eigenvalue weighted by molar-refractivity contribution is 0.251. The van der Waals surface area contributed by atoms with E-state index in [1.54, 1.807) is 10.7 Å². The largest absolute Gasteiger partial charge is 0.334 e. The lowest BCUT2D eigenvalue weighted by Crippen LogP contribution is -2.31. The molecule has 0 radical (unpaired) electrons. The van der Waals surface area contributed by atoms with Gasteiger partial charge in [-0.2, -0.15) is 0 Å². The van der Waals surface area contributed by atoms with E-state index >= 15 is 0 Å². The Morgan fingerprint density at radius 3 is 2.76 bits per heavy atom. The van der Waals surface area contributed by atoms with Crippen LogP contribution in [-0.2, 0) is 0 Å². The number of rotatable bonds is 4. The number of halogens is 1. The maximum atomic E-state index is 12.2. The van der Waals surface area contributed by atoms with E-state index in [1.165, 1.54) is 0 Å². The standard InChI is InChI=1S/C19H17ClN4O/c20-14-6-4-5-13(11-14)16-12-17(16)21-19(25)22-18-9-10-24(23-18)15-7-2-1-3-8-15/h1-11,16-17H,12H2,(H2,21,22,23,25)/t16-,17-/m1/s1. The van der Waals surface area contributed by atoms with Crippen LogP contribution in [0.4, 0.5) is 10.6 Å². The average Bonchev–Trinajstić information content (AvgIpc) is 3.22. The number of carbonyl (C=O) groups excluding carboxylic acids is 1. The van der Waals surface area contributed by atoms with Gasteiger partial charge in [-0.25, -0.2) is 9.48 Å². The van der Waals surface area contributed by atoms with E-state index in [4.69, 9.17) is 11.6 Å². The number of hydrogen-bond donors (Lipinski definition) is 2. The summed E-state index contributed by atoms with van der Waals surface area (Å²) in [6.07, 6.45) is 2.74. The van der Waals surface area contributed by atoms with Crippen molar-refractivity contribution in [3.8, 4) is 5.69 Å². The Labute approximate surface area is 150 Å². The van der Waals surface area contributed by atoms with Gasteiger partial charge in [-0.1, -0.05) is 41.9 Å². The average molecular weight is 353 g/mol. The number of anilines is 1. The predicted molar refractivity (Wildman–Crippen MR) is 98.3 cm³/mol. The number of benzene rings is 2. The first-order valence-electron chi connectivity index (χ1n) is 8.13. The zero-order chi connectivity index (χ0) is 17.2. The van der Waals surface area contributed by atoms with Gasteiger partial charge in [0.15, 0.2) is 5.82 Å². The summed E-state index contributed by atoms with van der Waals surface area (Å²) in [6.45, 7) is 0. The van der Waals surface area contributed by atoms with Gasteiger partial charge >= 0.3 is 6.03 Å². The molecule has 4 rings (SSSR count). The molecule has 3 aromatic rings. The number of para-hydroxylation sites is 1. The minimum absolute atomic E-state index is 0.134. The van der Waals surface area contributed by atoms with Gasteiger partial charge in [-0.3, -0.25) is 5.32 Å². The molecule has 1 aliphatic carbocycles. The lowest BCUT2D eigenvalue weighted by atomic mass is 10.1. The van der Waals surface area contributed by atoms with Gasteiger partial charge in [-0.05, 0) is 36.2 Å². The summed E-state index contributed by atoms with van der Waals surface area (Å²) in [7, 11) is 0. The number of carbonyl (C=O) groups is 1. The molecule has 1 aliphatic rings. The van der Waals surface area contributed by atoms with Crippen molar-refractivity contribution < 1.29 is 4.79 Å². The SMILES string of the molecule is O=C(Nc1ccn(-c2ccccc2)n1)N[C@@H]1C[C@@H]1c1cccc(Cl)c1. The summed E-state index contributed by atoms with van der Waals surface area (Å²) >= 11 is 6.02. The van der Waals surface area contributed by atoms with E-state index in [0.717, 1.165) is 22.7 Å². The molecule has 0 unspecified atom stereocenters. The first kappa shape index (κ1) is 15.7. The van der Waals surface area contributed by atoms with Gasteiger partial charge in [0.2, 0.25) is 0 Å². The van der Waals surface area contributed by atoms with Gasteiger partial charge in [0, 0.05) is 29.2 Å². The van der Waals surface area contributed by atoms with Crippen molar-refractivity contribution in [3.05, 3.63) is 77.4 Å². The molecule has 1 heterocycles. The highest BCUT2D eigenvalue weighted by Crippen LogP contribution is 2.41. The topological polar surface area (TPSA) is 59.0 Å². The fourth-order valence-electron chi connectivity index (χ4n) is 2.90. The number of nitrogens with zero attached hydrogens (tertiary/aromatic N) is 2. The summed E-state index contributed by atoms with van der Waals surface area (Å²) in [4.78, 5) is 12.2. The van der Waals surface area contributed by atoms with Crippen LogP contribution < -0.4 is 10.6 Å². The minimum atomic E-state index is -0.243. The van der Waals surface area contributed by atoms with Crippen LogP contribution in [0.2, 0.25) is 5.02 Å². The molecule has 5 nitrogen and oxygen atoms in total. The van der Waals surface area contributed by atoms with E-state index in [2.05, 4.69) is 15.7 Å². The fraction of sp³-hybridized carbons (Fsp3) is 0.158. The molecule has 2 aromatic carbocycles. The summed E-state index contributed by atoms with van der Waals surface area (Å²) in [6, 6.07) is 19.2. The summed E-state index contributed by atoms with van der Waals surface area (Å²) in [5.74, 6) is 0.840. The molecule has 2 N–H and O–H groups in total. The minimum Gasteiger partial charge on any atom is -0.334 e. The highest BCUT2D eigenvalue weighted by Gasteiger charge is 2.39. The van der Waals surface area contributed by atoms with Crippen molar-refractivity contribution in [3.63, 3.8) is 0 Å². The fourth-order valence-corrected chi connectivity index (χ4v) is 3.09. The second kappa shape index (κ2) is 6.61. The molecular weight excluding hydrogens is 336 g/mol. The first-order valence-corrected chi connectivity index (χ1v) is 8.51. The maximum absolute atomic E-state index is 12.2. The van der Waals surface area contributed by atoms with E-state index in [0.29, 0.717) is 11.7 Å². The zero-order valence-corrected chi connectivity index (χ0v) is 14.1. The highest BCUT2D eigenvalue weighted by atomic mass is 35.5. The summed E-state index contributed by atoms with van der Waals surface area (Å²) in [5.41, 5.74) is 2.10. The normalized spacial score (nSPS) is 18.6. The van der Waals surface area contributed by atoms with Crippen LogP contribution in [0.25, 0.3) is 5.69 Å². The predicted octanol–water partition coefficient (Wildman–Crippen LogP) is 4.20. The summed E-state index contributed by atoms with van der Waals surface area (Å²) in [5, 5.41) is 10.8. The third-order valence-corrected chi connectivity index (χ3v) is 4.47. The van der Waals surface area contributed by atoms with E-state index in [9.17, 15) is 4.79 Å². The van der Waals surface area contributed by atoms with Crippen molar-refractivity contribution in [2.45, 2.75) is 18.4 Å². The Morgan fingerprint density at radius 2 is 1.96 bits per heavy atom. The molecule has 0 saturated heterocycles. The Bertz CT molecular complexity index is 893. The Morgan fingerprint density at radius 1 is 1.12 bits per heavy atom. The Balaban J connectivity index is 1.34. The molecule has 6 heteroatoms. The van der Waals surface area contributed by atoms with Crippen molar-refractivity contribution in [1.82, 2.24) is 15.1 Å². The Kier molecular flexibility index (Phi) is 4.15. The number of hydrogen-bond acceptors (Lipinski definition) is 2. The van der Waals surface area contributed by atoms with E-state index in [1.807, 2.05) is 60.8 Å². The second-order valence-electron chi connectivity index (χ2n) is 6.08. The highest BCUT2D eigenvalue weighted by molar-refractivity contribution is 6.30. The molecule has 1 aromatic heterocycles. The van der Waals surface area contributed by atoms with Gasteiger partial charge < -0.3 is 5.32 Å². The monoisotopic (exact) mass is 352 g/mol. The molecular formula is C19H17ClN4O. The molecule has 0 spiro atoms. The number of aromatic nitrogens is 2. The molecule has 1 saturated carbocycles. The molecule has 0 bridgehead atoms. The number of amides is 2. The van der Waals surface area contributed by atoms with Crippen LogP contribution in [-0.4, -0.2) is 21.9 Å². The maximum Gasteiger partial charge on any atom is 0.320 e. The van der Waals surface area contributed by atoms with Crippen LogP contribution in [0.1, 0.15) is 17.9 Å². The lowest BCUT2D eigenvalue weighted by Gasteiger charge is -2.06. The van der Waals surface area contributed by atoms with Crippen molar-refractivity contribution >= 4 is 23.4 Å². The molecule has 2 amide bonds. The number of nitrogens with one attached hydrogen (secondary N) is 2. The van der Waals surface area contributed by atoms with Crippen molar-refractivity contribution in [2.24, 2.45) is 0 Å². The van der Waals surface area contributed by atoms with Crippen LogP contribution >= 0.6 is 11.6 Å². The van der Waals surface area contributed by atoms with Crippen LogP contribution in [0.15, 0.2) is 66.9 Å². The first-order chi connectivity index (χ1) is 12.2. The van der Waals surface area contributed by atoms with Crippen LogP contribution in [0.5, 0.6) is 0 Å². The van der Waals surface area contributed by atoms with Crippen molar-refractivity contribution in [1.29, 1.82) is 0 Å². The molecule has 126 valence electrons.